The van der Waals surface area contributed by atoms with Gasteiger partial charge in [-0.15, -0.1) is 0 Å². The lowest BCUT2D eigenvalue weighted by molar-refractivity contribution is 0.0504. The van der Waals surface area contributed by atoms with Crippen LogP contribution >= 0.6 is 0 Å². The number of methoxy groups -OCH3 is 1. The van der Waals surface area contributed by atoms with Crippen LogP contribution in [-0.4, -0.2) is 20.0 Å². The van der Waals surface area contributed by atoms with E-state index >= 15 is 0 Å². The molecular formula is C19H25N3O2. The molecule has 2 rings (SSSR count). The van der Waals surface area contributed by atoms with Gasteiger partial charge in [0.05, 0.1) is 0 Å². The number of amidine groups is 1. The summed E-state index contributed by atoms with van der Waals surface area (Å²) in [6.45, 7) is 4.42. The lowest BCUT2D eigenvalue weighted by atomic mass is 9.96. The predicted molar refractivity (Wildman–Crippen MR) is 97.1 cm³/mol. The van der Waals surface area contributed by atoms with Crippen LogP contribution in [0.2, 0.25) is 0 Å². The van der Waals surface area contributed by atoms with Crippen LogP contribution in [0.3, 0.4) is 0 Å². The molecule has 4 N–H and O–H groups in total. The van der Waals surface area contributed by atoms with Gasteiger partial charge in [0.25, 0.3) is 0 Å². The zero-order chi connectivity index (χ0) is 17.7. The fourth-order valence-electron chi connectivity index (χ4n) is 2.55. The number of aliphatic imine (C=N–C) groups is 1. The molecule has 1 atom stereocenters. The lowest BCUT2D eigenvalue weighted by Gasteiger charge is -2.29. The van der Waals surface area contributed by atoms with E-state index in [1.807, 2.05) is 50.2 Å². The van der Waals surface area contributed by atoms with E-state index in [0.29, 0.717) is 6.61 Å². The van der Waals surface area contributed by atoms with Crippen LogP contribution in [0.15, 0.2) is 47.5 Å². The Bertz CT molecular complexity index is 743. The molecule has 1 unspecified atom stereocenters. The highest BCUT2D eigenvalue weighted by atomic mass is 16.5. The van der Waals surface area contributed by atoms with Crippen LogP contribution < -0.4 is 16.2 Å². The molecule has 0 heterocycles. The molecule has 0 saturated carbocycles. The van der Waals surface area contributed by atoms with Gasteiger partial charge in [0, 0.05) is 19.7 Å². The Morgan fingerprint density at radius 3 is 2.54 bits per heavy atom. The molecule has 0 spiro atoms. The van der Waals surface area contributed by atoms with E-state index in [4.69, 9.17) is 20.9 Å². The standard InChI is InChI=1S/C19H25N3O2/c1-13-9-10-14(2)17(11-13)24-12-15-7-5-6-8-16(15)19(21,23-4)18(20)22-3/h5-11H,12,21H2,1-4H3,(H2,20,22). The van der Waals surface area contributed by atoms with Crippen molar-refractivity contribution in [3.63, 3.8) is 0 Å². The number of nitrogens with zero attached hydrogens (tertiary/aromatic N) is 1. The van der Waals surface area contributed by atoms with Crippen molar-refractivity contribution in [1.82, 2.24) is 0 Å². The second-order valence-corrected chi connectivity index (χ2v) is 5.76. The van der Waals surface area contributed by atoms with E-state index in [1.54, 1.807) is 7.05 Å². The van der Waals surface area contributed by atoms with Crippen LogP contribution in [-0.2, 0) is 17.1 Å². The summed E-state index contributed by atoms with van der Waals surface area (Å²) in [5.74, 6) is 1.06. The number of hydrogen-bond acceptors (Lipinski definition) is 4. The quantitative estimate of drug-likeness (QED) is 0.485. The van der Waals surface area contributed by atoms with Crippen molar-refractivity contribution >= 4 is 5.84 Å². The average molecular weight is 327 g/mol. The fourth-order valence-corrected chi connectivity index (χ4v) is 2.55. The number of ether oxygens (including phenoxy) is 2. The summed E-state index contributed by atoms with van der Waals surface area (Å²) in [5, 5.41) is 0. The summed E-state index contributed by atoms with van der Waals surface area (Å²) >= 11 is 0. The fraction of sp³-hybridized carbons (Fsp3) is 0.316. The molecule has 0 amide bonds. The molecule has 0 fully saturated rings. The van der Waals surface area contributed by atoms with Gasteiger partial charge in [0.15, 0.2) is 0 Å². The Balaban J connectivity index is 2.34. The molecule has 0 saturated heterocycles. The van der Waals surface area contributed by atoms with Crippen LogP contribution in [0.25, 0.3) is 0 Å². The summed E-state index contributed by atoms with van der Waals surface area (Å²) < 4.78 is 11.5. The Hall–Kier alpha value is -2.37. The maximum absolute atomic E-state index is 6.36. The number of hydrogen-bond donors (Lipinski definition) is 2. The summed E-state index contributed by atoms with van der Waals surface area (Å²) in [5.41, 5.74) is 14.9. The second-order valence-electron chi connectivity index (χ2n) is 5.76. The van der Waals surface area contributed by atoms with Crippen molar-refractivity contribution in [3.8, 4) is 5.75 Å². The molecule has 128 valence electrons. The zero-order valence-corrected chi connectivity index (χ0v) is 14.7. The minimum atomic E-state index is -1.28. The van der Waals surface area contributed by atoms with E-state index < -0.39 is 5.72 Å². The highest BCUT2D eigenvalue weighted by molar-refractivity contribution is 5.89. The summed E-state index contributed by atoms with van der Waals surface area (Å²) in [4.78, 5) is 4.00. The van der Waals surface area contributed by atoms with Crippen LogP contribution in [0.5, 0.6) is 5.75 Å². The molecule has 0 aliphatic carbocycles. The molecule has 5 nitrogen and oxygen atoms in total. The average Bonchev–Trinajstić information content (AvgIpc) is 2.61. The van der Waals surface area contributed by atoms with Gasteiger partial charge in [-0.25, -0.2) is 0 Å². The third-order valence-corrected chi connectivity index (χ3v) is 4.09. The topological polar surface area (TPSA) is 82.9 Å². The number of rotatable bonds is 6. The summed E-state index contributed by atoms with van der Waals surface area (Å²) in [7, 11) is 3.10. The third kappa shape index (κ3) is 3.58. The molecule has 2 aromatic rings. The first-order valence-corrected chi connectivity index (χ1v) is 7.77. The lowest BCUT2D eigenvalue weighted by Crippen LogP contribution is -2.51. The van der Waals surface area contributed by atoms with E-state index in [2.05, 4.69) is 11.1 Å². The highest BCUT2D eigenvalue weighted by Crippen LogP contribution is 2.26. The smallest absolute Gasteiger partial charge is 0.201 e. The van der Waals surface area contributed by atoms with Gasteiger partial charge in [0.1, 0.15) is 18.2 Å². The minimum absolute atomic E-state index is 0.212. The normalized spacial score (nSPS) is 14.3. The van der Waals surface area contributed by atoms with Gasteiger partial charge in [-0.05, 0) is 36.6 Å². The number of benzene rings is 2. The zero-order valence-electron chi connectivity index (χ0n) is 14.7. The van der Waals surface area contributed by atoms with Gasteiger partial charge < -0.3 is 15.2 Å². The molecule has 0 radical (unpaired) electrons. The van der Waals surface area contributed by atoms with Crippen molar-refractivity contribution in [3.05, 3.63) is 64.7 Å². The largest absolute Gasteiger partial charge is 0.489 e. The maximum Gasteiger partial charge on any atom is 0.201 e. The summed E-state index contributed by atoms with van der Waals surface area (Å²) in [6, 6.07) is 13.8. The Labute approximate surface area is 143 Å². The predicted octanol–water partition coefficient (Wildman–Crippen LogP) is 2.63. The van der Waals surface area contributed by atoms with Crippen molar-refractivity contribution in [2.45, 2.75) is 26.2 Å². The Kier molecular flexibility index (Phi) is 5.59. The van der Waals surface area contributed by atoms with E-state index in [0.717, 1.165) is 28.0 Å². The van der Waals surface area contributed by atoms with Gasteiger partial charge >= 0.3 is 0 Å². The molecule has 2 aromatic carbocycles. The van der Waals surface area contributed by atoms with Crippen LogP contribution in [0, 0.1) is 13.8 Å². The Morgan fingerprint density at radius 2 is 1.88 bits per heavy atom. The monoisotopic (exact) mass is 327 g/mol. The molecule has 5 heteroatoms. The molecule has 0 bridgehead atoms. The van der Waals surface area contributed by atoms with Crippen molar-refractivity contribution < 1.29 is 9.47 Å². The first kappa shape index (κ1) is 18.0. The molecule has 24 heavy (non-hydrogen) atoms. The highest BCUT2D eigenvalue weighted by Gasteiger charge is 2.33. The van der Waals surface area contributed by atoms with Gasteiger partial charge in [-0.3, -0.25) is 10.7 Å². The maximum atomic E-state index is 6.36. The van der Waals surface area contributed by atoms with Gasteiger partial charge in [-0.1, -0.05) is 36.4 Å². The first-order valence-electron chi connectivity index (χ1n) is 7.77. The van der Waals surface area contributed by atoms with E-state index in [-0.39, 0.29) is 5.84 Å². The summed E-state index contributed by atoms with van der Waals surface area (Å²) in [6.07, 6.45) is 0. The molecule has 0 aromatic heterocycles. The van der Waals surface area contributed by atoms with Gasteiger partial charge in [0.2, 0.25) is 5.72 Å². The van der Waals surface area contributed by atoms with Crippen LogP contribution in [0.1, 0.15) is 22.3 Å². The number of aryl methyl sites for hydroxylation is 2. The van der Waals surface area contributed by atoms with Gasteiger partial charge in [-0.2, -0.15) is 0 Å². The van der Waals surface area contributed by atoms with Crippen molar-refractivity contribution in [2.24, 2.45) is 16.5 Å². The third-order valence-electron chi connectivity index (χ3n) is 4.09. The molecular weight excluding hydrogens is 302 g/mol. The first-order chi connectivity index (χ1) is 11.4. The number of nitrogens with two attached hydrogens (primary N) is 2. The van der Waals surface area contributed by atoms with Crippen LogP contribution in [0.4, 0.5) is 0 Å². The minimum Gasteiger partial charge on any atom is -0.489 e. The van der Waals surface area contributed by atoms with Crippen molar-refractivity contribution in [2.75, 3.05) is 14.2 Å². The Morgan fingerprint density at radius 1 is 1.17 bits per heavy atom. The second kappa shape index (κ2) is 7.47. The SMILES string of the molecule is CN=C(N)C(N)(OC)c1ccccc1COc1cc(C)ccc1C. The molecule has 0 aliphatic heterocycles. The van der Waals surface area contributed by atoms with E-state index in [9.17, 15) is 0 Å². The molecule has 0 aliphatic rings. The van der Waals surface area contributed by atoms with E-state index in [1.165, 1.54) is 7.11 Å². The van der Waals surface area contributed by atoms with Crippen molar-refractivity contribution in [1.29, 1.82) is 0 Å².